The number of piperidine rings is 1. The van der Waals surface area contributed by atoms with Crippen molar-refractivity contribution in [1.29, 1.82) is 0 Å². The lowest BCUT2D eigenvalue weighted by Crippen LogP contribution is -2.54. The van der Waals surface area contributed by atoms with Gasteiger partial charge >= 0.3 is 12.1 Å². The van der Waals surface area contributed by atoms with Gasteiger partial charge in [0.1, 0.15) is 5.60 Å². The molecule has 1 heterocycles. The zero-order valence-corrected chi connectivity index (χ0v) is 12.3. The van der Waals surface area contributed by atoms with Crippen molar-refractivity contribution >= 4 is 12.1 Å². The number of carbonyl (C=O) groups is 2. The molecule has 1 amide bonds. The minimum atomic E-state index is -0.803. The molecule has 1 N–H and O–H groups in total. The third kappa shape index (κ3) is 4.38. The molecular formula is C13H24N2O4. The Hall–Kier alpha value is -1.30. The van der Waals surface area contributed by atoms with Crippen LogP contribution in [-0.2, 0) is 9.53 Å². The molecule has 0 bridgehead atoms. The Balaban J connectivity index is 2.71. The number of aliphatic carboxylic acids is 1. The molecule has 1 aliphatic rings. The van der Waals surface area contributed by atoms with E-state index in [1.165, 1.54) is 0 Å². The molecule has 110 valence electrons. The van der Waals surface area contributed by atoms with Crippen LogP contribution in [0.3, 0.4) is 0 Å². The van der Waals surface area contributed by atoms with Gasteiger partial charge in [0.25, 0.3) is 0 Å². The number of likely N-dealkylation sites (tertiary alicyclic amines) is 1. The van der Waals surface area contributed by atoms with E-state index in [0.29, 0.717) is 19.5 Å². The average molecular weight is 272 g/mol. The molecule has 2 atom stereocenters. The lowest BCUT2D eigenvalue weighted by Gasteiger charge is -2.40. The van der Waals surface area contributed by atoms with Crippen molar-refractivity contribution in [3.8, 4) is 0 Å². The van der Waals surface area contributed by atoms with Crippen molar-refractivity contribution in [2.24, 2.45) is 5.92 Å². The summed E-state index contributed by atoms with van der Waals surface area (Å²) in [6.07, 6.45) is 0.0837. The second-order valence-electron chi connectivity index (χ2n) is 6.19. The van der Waals surface area contributed by atoms with E-state index >= 15 is 0 Å². The molecule has 1 rings (SSSR count). The van der Waals surface area contributed by atoms with Crippen LogP contribution in [0.2, 0.25) is 0 Å². The quantitative estimate of drug-likeness (QED) is 0.819. The molecule has 1 aliphatic heterocycles. The molecule has 0 unspecified atom stereocenters. The summed E-state index contributed by atoms with van der Waals surface area (Å²) in [5, 5.41) is 9.21. The average Bonchev–Trinajstić information content (AvgIpc) is 2.25. The lowest BCUT2D eigenvalue weighted by molar-refractivity contribution is -0.146. The van der Waals surface area contributed by atoms with E-state index in [4.69, 9.17) is 4.74 Å². The van der Waals surface area contributed by atoms with Gasteiger partial charge in [-0.05, 0) is 41.3 Å². The molecule has 6 nitrogen and oxygen atoms in total. The summed E-state index contributed by atoms with van der Waals surface area (Å²) in [5.41, 5.74) is -0.533. The highest BCUT2D eigenvalue weighted by Gasteiger charge is 2.38. The number of amides is 1. The number of carboxylic acids is 1. The molecule has 6 heteroatoms. The second kappa shape index (κ2) is 5.77. The lowest BCUT2D eigenvalue weighted by atomic mass is 9.91. The largest absolute Gasteiger partial charge is 0.481 e. The Kier molecular flexibility index (Phi) is 4.79. The van der Waals surface area contributed by atoms with Crippen molar-refractivity contribution in [3.05, 3.63) is 0 Å². The molecule has 0 aliphatic carbocycles. The fraction of sp³-hybridized carbons (Fsp3) is 0.846. The van der Waals surface area contributed by atoms with Crippen molar-refractivity contribution in [1.82, 2.24) is 9.80 Å². The topological polar surface area (TPSA) is 70.1 Å². The minimum absolute atomic E-state index is 0.182. The van der Waals surface area contributed by atoms with Gasteiger partial charge < -0.3 is 19.6 Å². The summed E-state index contributed by atoms with van der Waals surface area (Å²) >= 11 is 0. The SMILES string of the molecule is CN(C)[C@@H]1CN(C(=O)OC(C)(C)C)CC[C@@H]1C(=O)O. The Morgan fingerprint density at radius 3 is 2.32 bits per heavy atom. The molecule has 1 fully saturated rings. The van der Waals surface area contributed by atoms with Crippen LogP contribution in [0, 0.1) is 5.92 Å². The van der Waals surface area contributed by atoms with Crippen LogP contribution in [0.25, 0.3) is 0 Å². The van der Waals surface area contributed by atoms with Gasteiger partial charge in [-0.1, -0.05) is 0 Å². The predicted molar refractivity (Wildman–Crippen MR) is 71.0 cm³/mol. The fourth-order valence-electron chi connectivity index (χ4n) is 2.24. The Bertz CT molecular complexity index is 349. The van der Waals surface area contributed by atoms with Crippen molar-refractivity contribution in [2.45, 2.75) is 38.8 Å². The van der Waals surface area contributed by atoms with Gasteiger partial charge in [0.05, 0.1) is 5.92 Å². The molecule has 0 aromatic rings. The van der Waals surface area contributed by atoms with Crippen molar-refractivity contribution < 1.29 is 19.4 Å². The van der Waals surface area contributed by atoms with Gasteiger partial charge in [0, 0.05) is 19.1 Å². The smallest absolute Gasteiger partial charge is 0.410 e. The Morgan fingerprint density at radius 2 is 1.89 bits per heavy atom. The monoisotopic (exact) mass is 272 g/mol. The third-order valence-corrected chi connectivity index (χ3v) is 3.21. The second-order valence-corrected chi connectivity index (χ2v) is 6.19. The van der Waals surface area contributed by atoms with Crippen LogP contribution >= 0.6 is 0 Å². The van der Waals surface area contributed by atoms with Crippen LogP contribution in [0.5, 0.6) is 0 Å². The first-order valence-corrected chi connectivity index (χ1v) is 6.49. The van der Waals surface area contributed by atoms with Crippen LogP contribution in [-0.4, -0.2) is 65.8 Å². The minimum Gasteiger partial charge on any atom is -0.481 e. The van der Waals surface area contributed by atoms with Gasteiger partial charge in [-0.3, -0.25) is 4.79 Å². The van der Waals surface area contributed by atoms with E-state index in [0.717, 1.165) is 0 Å². The zero-order chi connectivity index (χ0) is 14.8. The van der Waals surface area contributed by atoms with Gasteiger partial charge in [-0.2, -0.15) is 0 Å². The molecule has 19 heavy (non-hydrogen) atoms. The highest BCUT2D eigenvalue weighted by atomic mass is 16.6. The summed E-state index contributed by atoms with van der Waals surface area (Å²) in [5.74, 6) is -1.24. The maximum Gasteiger partial charge on any atom is 0.410 e. The van der Waals surface area contributed by atoms with Crippen molar-refractivity contribution in [3.63, 3.8) is 0 Å². The summed E-state index contributed by atoms with van der Waals surface area (Å²) < 4.78 is 5.32. The number of likely N-dealkylation sites (N-methyl/N-ethyl adjacent to an activating group) is 1. The van der Waals surface area contributed by atoms with E-state index in [1.807, 2.05) is 39.8 Å². The number of rotatable bonds is 2. The van der Waals surface area contributed by atoms with E-state index in [1.54, 1.807) is 4.90 Å². The standard InChI is InChI=1S/C13H24N2O4/c1-13(2,3)19-12(18)15-7-6-9(11(16)17)10(8-15)14(4)5/h9-10H,6-8H2,1-5H3,(H,16,17)/t9-,10+/m0/s1. The first-order valence-electron chi connectivity index (χ1n) is 6.49. The van der Waals surface area contributed by atoms with Gasteiger partial charge in [0.2, 0.25) is 0 Å². The number of hydrogen-bond donors (Lipinski definition) is 1. The molecule has 0 radical (unpaired) electrons. The molecule has 0 spiro atoms. The first-order chi connectivity index (χ1) is 8.61. The maximum absolute atomic E-state index is 12.0. The van der Waals surface area contributed by atoms with Gasteiger partial charge in [-0.15, -0.1) is 0 Å². The zero-order valence-electron chi connectivity index (χ0n) is 12.3. The van der Waals surface area contributed by atoms with E-state index < -0.39 is 17.5 Å². The fourth-order valence-corrected chi connectivity index (χ4v) is 2.24. The Labute approximate surface area is 114 Å². The van der Waals surface area contributed by atoms with Gasteiger partial charge in [-0.25, -0.2) is 4.79 Å². The molecule has 0 saturated carbocycles. The summed E-state index contributed by atoms with van der Waals surface area (Å²) in [4.78, 5) is 26.7. The van der Waals surface area contributed by atoms with Gasteiger partial charge in [0.15, 0.2) is 0 Å². The van der Waals surface area contributed by atoms with Crippen LogP contribution in [0.15, 0.2) is 0 Å². The van der Waals surface area contributed by atoms with E-state index in [-0.39, 0.29) is 12.1 Å². The van der Waals surface area contributed by atoms with E-state index in [2.05, 4.69) is 0 Å². The van der Waals surface area contributed by atoms with Crippen LogP contribution < -0.4 is 0 Å². The normalized spacial score (nSPS) is 24.4. The number of nitrogens with zero attached hydrogens (tertiary/aromatic N) is 2. The molecule has 0 aromatic heterocycles. The van der Waals surface area contributed by atoms with Crippen LogP contribution in [0.4, 0.5) is 4.79 Å². The summed E-state index contributed by atoms with van der Waals surface area (Å²) in [7, 11) is 3.67. The highest BCUT2D eigenvalue weighted by molar-refractivity contribution is 5.73. The summed E-state index contributed by atoms with van der Waals surface area (Å²) in [6.45, 7) is 6.27. The molecular weight excluding hydrogens is 248 g/mol. The summed E-state index contributed by atoms with van der Waals surface area (Å²) in [6, 6.07) is -0.182. The number of hydrogen-bond acceptors (Lipinski definition) is 4. The van der Waals surface area contributed by atoms with Crippen molar-refractivity contribution in [2.75, 3.05) is 27.2 Å². The highest BCUT2D eigenvalue weighted by Crippen LogP contribution is 2.23. The maximum atomic E-state index is 12.0. The first kappa shape index (κ1) is 15.8. The number of ether oxygens (including phenoxy) is 1. The third-order valence-electron chi connectivity index (χ3n) is 3.21. The predicted octanol–water partition coefficient (Wildman–Crippen LogP) is 1.26. The van der Waals surface area contributed by atoms with E-state index in [9.17, 15) is 14.7 Å². The number of carbonyl (C=O) groups excluding carboxylic acids is 1. The molecule has 1 saturated heterocycles. The molecule has 0 aromatic carbocycles. The number of carboxylic acid groups (broad SMARTS) is 1. The Morgan fingerprint density at radius 1 is 1.32 bits per heavy atom. The van der Waals surface area contributed by atoms with Crippen LogP contribution in [0.1, 0.15) is 27.2 Å².